The molecule has 0 aromatic carbocycles. The van der Waals surface area contributed by atoms with E-state index in [0.717, 1.165) is 5.69 Å². The lowest BCUT2D eigenvalue weighted by molar-refractivity contribution is -0.117. The molecule has 0 saturated heterocycles. The maximum atomic E-state index is 11.9. The molecule has 2 rings (SSSR count). The van der Waals surface area contributed by atoms with Crippen LogP contribution < -0.4 is 10.6 Å². The molecule has 0 spiro atoms. The fourth-order valence-corrected chi connectivity index (χ4v) is 1.72. The first kappa shape index (κ1) is 14.7. The van der Waals surface area contributed by atoms with E-state index in [9.17, 15) is 9.59 Å². The number of carbonyl (C=O) groups is 2. The highest BCUT2D eigenvalue weighted by molar-refractivity contribution is 5.90. The van der Waals surface area contributed by atoms with Gasteiger partial charge in [0.2, 0.25) is 11.8 Å². The van der Waals surface area contributed by atoms with Gasteiger partial charge in [-0.3, -0.25) is 14.3 Å². The van der Waals surface area contributed by atoms with Gasteiger partial charge in [0.1, 0.15) is 12.4 Å². The lowest BCUT2D eigenvalue weighted by Crippen LogP contribution is -2.20. The summed E-state index contributed by atoms with van der Waals surface area (Å²) in [6.45, 7) is 3.58. The fraction of sp³-hybridized carbons (Fsp3) is 0.417. The van der Waals surface area contributed by atoms with Crippen LogP contribution in [0.15, 0.2) is 12.3 Å². The van der Waals surface area contributed by atoms with Crippen LogP contribution in [0.4, 0.5) is 11.6 Å². The maximum Gasteiger partial charge on any atom is 0.247 e. The quantitative estimate of drug-likeness (QED) is 0.824. The second kappa shape index (κ2) is 6.16. The normalized spacial score (nSPS) is 10.4. The fourth-order valence-electron chi connectivity index (χ4n) is 1.72. The summed E-state index contributed by atoms with van der Waals surface area (Å²) < 4.78 is 2.94. The summed E-state index contributed by atoms with van der Waals surface area (Å²) in [6.07, 6.45) is 1.86. The van der Waals surface area contributed by atoms with Crippen molar-refractivity contribution in [3.63, 3.8) is 0 Å². The van der Waals surface area contributed by atoms with Crippen LogP contribution in [-0.4, -0.2) is 36.6 Å². The molecule has 0 aliphatic heterocycles. The van der Waals surface area contributed by atoms with Crippen LogP contribution in [-0.2, 0) is 23.2 Å². The predicted octanol–water partition coefficient (Wildman–Crippen LogP) is 0.307. The first-order valence-corrected chi connectivity index (χ1v) is 6.48. The Morgan fingerprint density at radius 2 is 2.05 bits per heavy atom. The SMILES string of the molecule is CCC(=O)Nc1cn(CC(=O)Nc2cc(C)nn2C)nn1. The average Bonchev–Trinajstić information content (AvgIpc) is 2.96. The molecule has 9 nitrogen and oxygen atoms in total. The highest BCUT2D eigenvalue weighted by Gasteiger charge is 2.10. The van der Waals surface area contributed by atoms with Crippen molar-refractivity contribution in [3.05, 3.63) is 18.0 Å². The minimum atomic E-state index is -0.253. The summed E-state index contributed by atoms with van der Waals surface area (Å²) in [5.74, 6) is 0.524. The average molecular weight is 291 g/mol. The molecular formula is C12H17N7O2. The van der Waals surface area contributed by atoms with Gasteiger partial charge in [-0.05, 0) is 6.92 Å². The second-order valence-corrected chi connectivity index (χ2v) is 4.55. The van der Waals surface area contributed by atoms with Crippen molar-refractivity contribution < 1.29 is 9.59 Å². The molecule has 0 saturated carbocycles. The van der Waals surface area contributed by atoms with E-state index in [2.05, 4.69) is 26.0 Å². The van der Waals surface area contributed by atoms with Crippen LogP contribution in [0.5, 0.6) is 0 Å². The number of rotatable bonds is 5. The second-order valence-electron chi connectivity index (χ2n) is 4.55. The third kappa shape index (κ3) is 3.88. The molecule has 0 aliphatic carbocycles. The number of nitrogens with one attached hydrogen (secondary N) is 2. The third-order valence-corrected chi connectivity index (χ3v) is 2.70. The number of aromatic nitrogens is 5. The zero-order valence-corrected chi connectivity index (χ0v) is 12.1. The molecule has 9 heteroatoms. The Bertz CT molecular complexity index is 658. The molecule has 0 radical (unpaired) electrons. The Hall–Kier alpha value is -2.71. The lowest BCUT2D eigenvalue weighted by atomic mass is 10.4. The summed E-state index contributed by atoms with van der Waals surface area (Å²) in [5.41, 5.74) is 0.818. The number of hydrogen-bond donors (Lipinski definition) is 2. The van der Waals surface area contributed by atoms with Gasteiger partial charge in [-0.2, -0.15) is 5.10 Å². The Morgan fingerprint density at radius 1 is 1.29 bits per heavy atom. The largest absolute Gasteiger partial charge is 0.309 e. The molecule has 0 unspecified atom stereocenters. The van der Waals surface area contributed by atoms with Crippen molar-refractivity contribution in [2.45, 2.75) is 26.8 Å². The number of hydrogen-bond acceptors (Lipinski definition) is 5. The van der Waals surface area contributed by atoms with Gasteiger partial charge < -0.3 is 10.6 Å². The first-order valence-electron chi connectivity index (χ1n) is 6.48. The molecule has 2 aromatic rings. The summed E-state index contributed by atoms with van der Waals surface area (Å²) >= 11 is 0. The molecule has 2 amide bonds. The van der Waals surface area contributed by atoms with E-state index in [1.54, 1.807) is 24.7 Å². The molecule has 112 valence electrons. The monoisotopic (exact) mass is 291 g/mol. The maximum absolute atomic E-state index is 11.9. The third-order valence-electron chi connectivity index (χ3n) is 2.70. The van der Waals surface area contributed by atoms with E-state index < -0.39 is 0 Å². The number of amides is 2. The smallest absolute Gasteiger partial charge is 0.247 e. The standard InChI is InChI=1S/C12H17N7O2/c1-4-11(20)13-9-6-19(17-15-9)7-12(21)14-10-5-8(2)16-18(10)3/h5-6H,4,7H2,1-3H3,(H,13,20)(H,14,21). The van der Waals surface area contributed by atoms with Crippen molar-refractivity contribution in [2.75, 3.05) is 10.6 Å². The molecule has 2 aromatic heterocycles. The summed E-state index contributed by atoms with van der Waals surface area (Å²) in [6, 6.07) is 1.77. The van der Waals surface area contributed by atoms with E-state index in [4.69, 9.17) is 0 Å². The van der Waals surface area contributed by atoms with Gasteiger partial charge in [-0.1, -0.05) is 12.1 Å². The van der Waals surface area contributed by atoms with Crippen molar-refractivity contribution in [2.24, 2.45) is 7.05 Å². The Balaban J connectivity index is 1.94. The molecule has 21 heavy (non-hydrogen) atoms. The van der Waals surface area contributed by atoms with E-state index in [1.165, 1.54) is 10.9 Å². The highest BCUT2D eigenvalue weighted by Crippen LogP contribution is 2.08. The minimum Gasteiger partial charge on any atom is -0.309 e. The van der Waals surface area contributed by atoms with Gasteiger partial charge in [0.25, 0.3) is 0 Å². The Kier molecular flexibility index (Phi) is 4.31. The van der Waals surface area contributed by atoms with Crippen LogP contribution in [0.2, 0.25) is 0 Å². The number of carbonyl (C=O) groups excluding carboxylic acids is 2. The summed E-state index contributed by atoms with van der Waals surface area (Å²) in [4.78, 5) is 23.1. The predicted molar refractivity (Wildman–Crippen MR) is 75.5 cm³/mol. The Morgan fingerprint density at radius 3 is 2.67 bits per heavy atom. The van der Waals surface area contributed by atoms with Crippen LogP contribution in [0.3, 0.4) is 0 Å². The zero-order chi connectivity index (χ0) is 15.4. The van der Waals surface area contributed by atoms with Gasteiger partial charge in [-0.25, -0.2) is 4.68 Å². The van der Waals surface area contributed by atoms with Gasteiger partial charge in [-0.15, -0.1) is 5.10 Å². The van der Waals surface area contributed by atoms with E-state index in [1.807, 2.05) is 6.92 Å². The van der Waals surface area contributed by atoms with Crippen molar-refractivity contribution in [1.29, 1.82) is 0 Å². The molecular weight excluding hydrogens is 274 g/mol. The first-order chi connectivity index (χ1) is 9.97. The number of anilines is 2. The van der Waals surface area contributed by atoms with Crippen LogP contribution in [0.25, 0.3) is 0 Å². The molecule has 0 aliphatic rings. The summed E-state index contributed by atoms with van der Waals surface area (Å²) in [7, 11) is 1.75. The van der Waals surface area contributed by atoms with Crippen molar-refractivity contribution >= 4 is 23.5 Å². The van der Waals surface area contributed by atoms with Crippen LogP contribution in [0.1, 0.15) is 19.0 Å². The van der Waals surface area contributed by atoms with E-state index in [-0.39, 0.29) is 18.4 Å². The highest BCUT2D eigenvalue weighted by atomic mass is 16.2. The molecule has 0 fully saturated rings. The zero-order valence-electron chi connectivity index (χ0n) is 12.1. The number of nitrogens with zero attached hydrogens (tertiary/aromatic N) is 5. The van der Waals surface area contributed by atoms with E-state index in [0.29, 0.717) is 18.1 Å². The molecule has 0 bridgehead atoms. The van der Waals surface area contributed by atoms with Crippen molar-refractivity contribution in [3.8, 4) is 0 Å². The van der Waals surface area contributed by atoms with Gasteiger partial charge >= 0.3 is 0 Å². The Labute approximate surface area is 121 Å². The molecule has 2 heterocycles. The minimum absolute atomic E-state index is 0.000771. The molecule has 0 atom stereocenters. The summed E-state index contributed by atoms with van der Waals surface area (Å²) in [5, 5.41) is 17.0. The van der Waals surface area contributed by atoms with Crippen LogP contribution >= 0.6 is 0 Å². The molecule has 2 N–H and O–H groups in total. The van der Waals surface area contributed by atoms with Gasteiger partial charge in [0.05, 0.1) is 11.9 Å². The number of aryl methyl sites for hydroxylation is 2. The topological polar surface area (TPSA) is 107 Å². The lowest BCUT2D eigenvalue weighted by Gasteiger charge is -2.04. The van der Waals surface area contributed by atoms with Crippen LogP contribution in [0, 0.1) is 6.92 Å². The van der Waals surface area contributed by atoms with Crippen molar-refractivity contribution in [1.82, 2.24) is 24.8 Å². The van der Waals surface area contributed by atoms with Gasteiger partial charge in [0.15, 0.2) is 5.82 Å². The van der Waals surface area contributed by atoms with E-state index >= 15 is 0 Å². The van der Waals surface area contributed by atoms with Gasteiger partial charge in [0, 0.05) is 19.5 Å².